The van der Waals surface area contributed by atoms with Crippen molar-refractivity contribution in [3.63, 3.8) is 0 Å². The topological polar surface area (TPSA) is 125 Å². The van der Waals surface area contributed by atoms with E-state index in [2.05, 4.69) is 10.2 Å². The van der Waals surface area contributed by atoms with Crippen molar-refractivity contribution in [2.75, 3.05) is 0 Å². The van der Waals surface area contributed by atoms with E-state index in [1.807, 2.05) is 0 Å². The van der Waals surface area contributed by atoms with Gasteiger partial charge in [-0.3, -0.25) is 0 Å². The number of carboxylic acids is 2. The molecule has 2 aromatic carbocycles. The number of carbonyl (C=O) groups excluding carboxylic acids is 1. The maximum Gasteiger partial charge on any atom is 1.00 e. The second kappa shape index (κ2) is 9.82. The van der Waals surface area contributed by atoms with E-state index < -0.39 is 23.3 Å². The number of benzene rings is 2. The van der Waals surface area contributed by atoms with E-state index in [1.165, 1.54) is 30.3 Å². The molecule has 0 atom stereocenters. The van der Waals surface area contributed by atoms with E-state index in [9.17, 15) is 19.8 Å². The normalized spacial score (nSPS) is 9.74. The van der Waals surface area contributed by atoms with Crippen molar-refractivity contribution in [3.05, 3.63) is 53.6 Å². The van der Waals surface area contributed by atoms with Crippen LogP contribution in [0.15, 0.2) is 52.7 Å². The molecule has 2 aromatic rings. The Labute approximate surface area is 175 Å². The Hall–Kier alpha value is -1.22. The van der Waals surface area contributed by atoms with E-state index in [4.69, 9.17) is 5.11 Å². The molecule has 23 heavy (non-hydrogen) atoms. The maximum absolute atomic E-state index is 11.3. The number of rotatable bonds is 4. The van der Waals surface area contributed by atoms with Gasteiger partial charge in [-0.1, -0.05) is 23.9 Å². The number of carbonyl (C=O) groups is 2. The number of hydrogen-bond donors (Lipinski definition) is 1. The Kier molecular flexibility index (Phi) is 9.29. The molecule has 0 aliphatic rings. The minimum absolute atomic E-state index is 0. The first kappa shape index (κ1) is 21.8. The first-order chi connectivity index (χ1) is 9.97. The van der Waals surface area contributed by atoms with Crippen molar-refractivity contribution < 1.29 is 84.0 Å². The first-order valence-corrected chi connectivity index (χ1v) is 5.75. The molecule has 7 nitrogen and oxygen atoms in total. The van der Waals surface area contributed by atoms with Crippen molar-refractivity contribution in [1.82, 2.24) is 0 Å². The molecule has 0 unspecified atom stereocenters. The van der Waals surface area contributed by atoms with Gasteiger partial charge in [-0.25, -0.2) is 4.79 Å². The van der Waals surface area contributed by atoms with Gasteiger partial charge in [0, 0.05) is 0 Å². The predicted octanol–water partition coefficient (Wildman–Crippen LogP) is -4.75. The molecule has 106 valence electrons. The molecule has 0 saturated carbocycles. The standard InChI is InChI=1S/C14H10N2O5.2Na/c17-12-5-4-10(7-11(12)14(20)21)16-15-9-3-1-2-8(6-9)13(18)19;;/h1-7,17H,(H,18,19)(H,20,21);;/q;2*+1/p-2. The Morgan fingerprint density at radius 2 is 1.57 bits per heavy atom. The molecule has 0 fully saturated rings. The van der Waals surface area contributed by atoms with Crippen LogP contribution in [0.2, 0.25) is 0 Å². The molecule has 0 aliphatic heterocycles. The van der Waals surface area contributed by atoms with Gasteiger partial charge in [0.15, 0.2) is 0 Å². The zero-order valence-electron chi connectivity index (χ0n) is 12.5. The third kappa shape index (κ3) is 6.06. The van der Waals surface area contributed by atoms with Crippen LogP contribution >= 0.6 is 0 Å². The molecular formula is C14H8N2Na2O5. The van der Waals surface area contributed by atoms with Crippen molar-refractivity contribution in [1.29, 1.82) is 0 Å². The van der Waals surface area contributed by atoms with Crippen LogP contribution in [0.3, 0.4) is 0 Å². The zero-order valence-corrected chi connectivity index (χ0v) is 16.5. The third-order valence-electron chi connectivity index (χ3n) is 2.56. The van der Waals surface area contributed by atoms with E-state index >= 15 is 0 Å². The summed E-state index contributed by atoms with van der Waals surface area (Å²) in [5, 5.41) is 38.4. The molecule has 0 heterocycles. The van der Waals surface area contributed by atoms with Crippen LogP contribution in [0.1, 0.15) is 20.7 Å². The molecule has 0 spiro atoms. The van der Waals surface area contributed by atoms with Gasteiger partial charge < -0.3 is 20.1 Å². The van der Waals surface area contributed by atoms with Crippen LogP contribution in [0, 0.1) is 0 Å². The smallest absolute Gasteiger partial charge is 0.872 e. The zero-order chi connectivity index (χ0) is 15.4. The van der Waals surface area contributed by atoms with Crippen molar-refractivity contribution in [3.8, 4) is 5.75 Å². The summed E-state index contributed by atoms with van der Waals surface area (Å²) in [6, 6.07) is 9.11. The molecule has 0 aromatic heterocycles. The van der Waals surface area contributed by atoms with Gasteiger partial charge in [-0.2, -0.15) is 10.2 Å². The van der Waals surface area contributed by atoms with E-state index in [0.29, 0.717) is 0 Å². The van der Waals surface area contributed by atoms with Crippen molar-refractivity contribution >= 4 is 23.3 Å². The quantitative estimate of drug-likeness (QED) is 0.445. The van der Waals surface area contributed by atoms with E-state index in [0.717, 1.165) is 12.1 Å². The van der Waals surface area contributed by atoms with Crippen molar-refractivity contribution in [2.24, 2.45) is 10.2 Å². The average Bonchev–Trinajstić information content (AvgIpc) is 2.46. The van der Waals surface area contributed by atoms with Crippen LogP contribution in [0.5, 0.6) is 5.75 Å². The van der Waals surface area contributed by atoms with Crippen LogP contribution in [0.25, 0.3) is 0 Å². The molecule has 9 heteroatoms. The van der Waals surface area contributed by atoms with Gasteiger partial charge in [0.2, 0.25) is 0 Å². The Morgan fingerprint density at radius 3 is 2.13 bits per heavy atom. The summed E-state index contributed by atoms with van der Waals surface area (Å²) in [6.07, 6.45) is 0. The second-order valence-electron chi connectivity index (χ2n) is 4.02. The number of carboxylic acid groups (broad SMARTS) is 2. The summed E-state index contributed by atoms with van der Waals surface area (Å²) in [5.41, 5.74) is -0.0202. The SMILES string of the molecule is O=C([O-])c1cccc(N=Nc2ccc([O-])c(C(=O)O)c2)c1.[Na+].[Na+]. The number of azo groups is 1. The Balaban J connectivity index is 0.00000242. The molecule has 0 amide bonds. The number of aromatic carboxylic acids is 2. The fraction of sp³-hybridized carbons (Fsp3) is 0. The summed E-state index contributed by atoms with van der Waals surface area (Å²) >= 11 is 0. The van der Waals surface area contributed by atoms with Gasteiger partial charge in [0.1, 0.15) is 0 Å². The minimum Gasteiger partial charge on any atom is -0.872 e. The minimum atomic E-state index is -1.35. The molecular weight excluding hydrogens is 322 g/mol. The summed E-state index contributed by atoms with van der Waals surface area (Å²) in [4.78, 5) is 21.5. The van der Waals surface area contributed by atoms with Gasteiger partial charge in [0.05, 0.1) is 22.9 Å². The molecule has 1 N–H and O–H groups in total. The largest absolute Gasteiger partial charge is 1.00 e. The maximum atomic E-state index is 11.3. The van der Waals surface area contributed by atoms with Gasteiger partial charge in [0.25, 0.3) is 0 Å². The van der Waals surface area contributed by atoms with E-state index in [1.54, 1.807) is 0 Å². The predicted molar refractivity (Wildman–Crippen MR) is 67.8 cm³/mol. The molecule has 0 radical (unpaired) electrons. The number of nitrogens with zero attached hydrogens (tertiary/aromatic N) is 2. The Morgan fingerprint density at radius 1 is 0.957 bits per heavy atom. The second-order valence-corrected chi connectivity index (χ2v) is 4.02. The van der Waals surface area contributed by atoms with Gasteiger partial charge in [-0.15, -0.1) is 0 Å². The summed E-state index contributed by atoms with van der Waals surface area (Å²) in [5.74, 6) is -3.31. The van der Waals surface area contributed by atoms with Crippen LogP contribution in [-0.4, -0.2) is 17.0 Å². The summed E-state index contributed by atoms with van der Waals surface area (Å²) in [6.45, 7) is 0. The third-order valence-corrected chi connectivity index (χ3v) is 2.56. The molecule has 0 bridgehead atoms. The first-order valence-electron chi connectivity index (χ1n) is 5.75. The fourth-order valence-corrected chi connectivity index (χ4v) is 1.56. The summed E-state index contributed by atoms with van der Waals surface area (Å²) in [7, 11) is 0. The van der Waals surface area contributed by atoms with Gasteiger partial charge >= 0.3 is 65.1 Å². The fourth-order valence-electron chi connectivity index (χ4n) is 1.56. The van der Waals surface area contributed by atoms with Crippen molar-refractivity contribution in [2.45, 2.75) is 0 Å². The van der Waals surface area contributed by atoms with Gasteiger partial charge in [-0.05, 0) is 29.8 Å². The monoisotopic (exact) mass is 330 g/mol. The molecule has 0 saturated heterocycles. The molecule has 0 aliphatic carbocycles. The molecule has 2 rings (SSSR count). The summed E-state index contributed by atoms with van der Waals surface area (Å²) < 4.78 is 0. The Bertz CT molecular complexity index is 750. The van der Waals surface area contributed by atoms with Crippen LogP contribution in [-0.2, 0) is 0 Å². The average molecular weight is 330 g/mol. The van der Waals surface area contributed by atoms with Crippen LogP contribution in [0.4, 0.5) is 11.4 Å². The number of hydrogen-bond acceptors (Lipinski definition) is 6. The van der Waals surface area contributed by atoms with E-state index in [-0.39, 0.29) is 76.1 Å². The van der Waals surface area contributed by atoms with Crippen LogP contribution < -0.4 is 69.3 Å².